The van der Waals surface area contributed by atoms with Crippen LogP contribution in [0.15, 0.2) is 12.3 Å². The highest BCUT2D eigenvalue weighted by molar-refractivity contribution is 5.69. The zero-order valence-corrected chi connectivity index (χ0v) is 10.6. The van der Waals surface area contributed by atoms with Crippen molar-refractivity contribution in [2.75, 3.05) is 13.2 Å². The molecule has 7 heteroatoms. The van der Waals surface area contributed by atoms with Crippen molar-refractivity contribution in [2.45, 2.75) is 26.8 Å². The summed E-state index contributed by atoms with van der Waals surface area (Å²) in [6.45, 7) is 7.13. The van der Waals surface area contributed by atoms with Gasteiger partial charge in [-0.3, -0.25) is 9.59 Å². The van der Waals surface area contributed by atoms with Gasteiger partial charge in [0.05, 0.1) is 5.76 Å². The molecule has 0 saturated heterocycles. The molecule has 0 bridgehead atoms. The predicted molar refractivity (Wildman–Crippen MR) is 61.5 cm³/mol. The van der Waals surface area contributed by atoms with Gasteiger partial charge in [0, 0.05) is 13.8 Å². The predicted octanol–water partition coefficient (Wildman–Crippen LogP) is 0.741. The van der Waals surface area contributed by atoms with E-state index in [-0.39, 0.29) is 19.0 Å². The number of esters is 2. The number of alkyl carbamates (subject to hydrolysis) is 1. The van der Waals surface area contributed by atoms with Crippen LogP contribution < -0.4 is 5.32 Å². The normalized spacial score (nSPS) is 9.56. The molecule has 0 rings (SSSR count). The van der Waals surface area contributed by atoms with E-state index in [4.69, 9.17) is 9.47 Å². The maximum Gasteiger partial charge on any atom is 0.412 e. The van der Waals surface area contributed by atoms with Gasteiger partial charge >= 0.3 is 18.0 Å². The van der Waals surface area contributed by atoms with Crippen LogP contribution in [0.4, 0.5) is 4.79 Å². The van der Waals surface area contributed by atoms with E-state index in [0.29, 0.717) is 0 Å². The Balaban J connectivity index is 4.26. The summed E-state index contributed by atoms with van der Waals surface area (Å²) < 4.78 is 14.1. The molecule has 102 valence electrons. The van der Waals surface area contributed by atoms with Crippen LogP contribution in [0.25, 0.3) is 0 Å². The maximum absolute atomic E-state index is 11.3. The average molecular weight is 259 g/mol. The van der Waals surface area contributed by atoms with Gasteiger partial charge in [-0.1, -0.05) is 6.58 Å². The summed E-state index contributed by atoms with van der Waals surface area (Å²) in [7, 11) is 0. The first-order valence-electron chi connectivity index (χ1n) is 5.21. The quantitative estimate of drug-likeness (QED) is 0.430. The third kappa shape index (κ3) is 9.20. The van der Waals surface area contributed by atoms with E-state index in [9.17, 15) is 14.4 Å². The van der Waals surface area contributed by atoms with E-state index < -0.39 is 24.1 Å². The molecule has 0 aliphatic carbocycles. The topological polar surface area (TPSA) is 90.9 Å². The fourth-order valence-electron chi connectivity index (χ4n) is 0.922. The Morgan fingerprint density at radius 3 is 1.83 bits per heavy atom. The summed E-state index contributed by atoms with van der Waals surface area (Å²) in [5, 5.41) is 2.38. The van der Waals surface area contributed by atoms with Crippen molar-refractivity contribution in [3.05, 3.63) is 12.3 Å². The number of hydrogen-bond acceptors (Lipinski definition) is 6. The summed E-state index contributed by atoms with van der Waals surface area (Å²) in [5.41, 5.74) is 0. The van der Waals surface area contributed by atoms with Gasteiger partial charge in [0.1, 0.15) is 19.3 Å². The number of hydrogen-bond donors (Lipinski definition) is 1. The van der Waals surface area contributed by atoms with Crippen molar-refractivity contribution in [2.24, 2.45) is 0 Å². The van der Waals surface area contributed by atoms with E-state index in [1.165, 1.54) is 20.8 Å². The van der Waals surface area contributed by atoms with E-state index in [1.807, 2.05) is 0 Å². The van der Waals surface area contributed by atoms with Crippen LogP contribution in [-0.2, 0) is 23.8 Å². The Hall–Kier alpha value is -2.05. The van der Waals surface area contributed by atoms with Crippen LogP contribution in [-0.4, -0.2) is 37.3 Å². The molecule has 0 aromatic rings. The molecule has 0 aromatic carbocycles. The monoisotopic (exact) mass is 259 g/mol. The van der Waals surface area contributed by atoms with Crippen molar-refractivity contribution < 1.29 is 28.6 Å². The molecule has 0 heterocycles. The van der Waals surface area contributed by atoms with Crippen LogP contribution in [0.2, 0.25) is 0 Å². The van der Waals surface area contributed by atoms with Crippen molar-refractivity contribution in [1.29, 1.82) is 0 Å². The molecule has 0 atom stereocenters. The summed E-state index contributed by atoms with van der Waals surface area (Å²) in [6, 6.07) is -0.676. The van der Waals surface area contributed by atoms with Crippen LogP contribution in [0.1, 0.15) is 20.8 Å². The molecule has 1 N–H and O–H groups in total. The second kappa shape index (κ2) is 8.10. The summed E-state index contributed by atoms with van der Waals surface area (Å²) in [5.74, 6) is -0.790. The van der Waals surface area contributed by atoms with Gasteiger partial charge in [0.25, 0.3) is 0 Å². The number of ether oxygens (including phenoxy) is 3. The molecule has 0 unspecified atom stereocenters. The molecule has 0 spiro atoms. The number of carbonyl (C=O) groups excluding carboxylic acids is 3. The standard InChI is InChI=1S/C11H17NO6/c1-7(2)18-11(15)12-10(5-16-8(3)13)6-17-9(4)14/h10H,1,5-6H2,2-4H3,(H,12,15). The number of amides is 1. The van der Waals surface area contributed by atoms with Crippen molar-refractivity contribution in [1.82, 2.24) is 5.32 Å². The molecule has 0 aliphatic heterocycles. The van der Waals surface area contributed by atoms with Gasteiger partial charge < -0.3 is 19.5 Å². The van der Waals surface area contributed by atoms with E-state index in [0.717, 1.165) is 0 Å². The molecule has 1 amide bonds. The molecule has 7 nitrogen and oxygen atoms in total. The molecular formula is C11H17NO6. The zero-order valence-electron chi connectivity index (χ0n) is 10.6. The largest absolute Gasteiger partial charge is 0.464 e. The Labute approximate surface area is 105 Å². The number of carbonyl (C=O) groups is 3. The van der Waals surface area contributed by atoms with Crippen molar-refractivity contribution in [3.63, 3.8) is 0 Å². The minimum atomic E-state index is -0.758. The lowest BCUT2D eigenvalue weighted by Crippen LogP contribution is -2.42. The Bertz CT molecular complexity index is 320. The highest BCUT2D eigenvalue weighted by Crippen LogP contribution is 1.95. The number of nitrogens with one attached hydrogen (secondary N) is 1. The molecule has 0 saturated carbocycles. The molecule has 0 fully saturated rings. The lowest BCUT2D eigenvalue weighted by molar-refractivity contribution is -0.144. The lowest BCUT2D eigenvalue weighted by atomic mass is 10.3. The zero-order chi connectivity index (χ0) is 14.1. The third-order valence-electron chi connectivity index (χ3n) is 1.56. The van der Waals surface area contributed by atoms with Gasteiger partial charge in [-0.2, -0.15) is 0 Å². The maximum atomic E-state index is 11.3. The average Bonchev–Trinajstić information content (AvgIpc) is 2.20. The molecular weight excluding hydrogens is 242 g/mol. The van der Waals surface area contributed by atoms with Gasteiger partial charge in [0.15, 0.2) is 0 Å². The molecule has 0 radical (unpaired) electrons. The van der Waals surface area contributed by atoms with Crippen molar-refractivity contribution in [3.8, 4) is 0 Å². The smallest absolute Gasteiger partial charge is 0.412 e. The van der Waals surface area contributed by atoms with Crippen LogP contribution in [0.3, 0.4) is 0 Å². The first-order chi connectivity index (χ1) is 8.31. The highest BCUT2D eigenvalue weighted by atomic mass is 16.6. The van der Waals surface area contributed by atoms with Gasteiger partial charge in [-0.25, -0.2) is 4.79 Å². The first-order valence-corrected chi connectivity index (χ1v) is 5.21. The Kier molecular flexibility index (Phi) is 7.18. The Morgan fingerprint density at radius 2 is 1.50 bits per heavy atom. The summed E-state index contributed by atoms with van der Waals surface area (Å²) in [6.07, 6.45) is -0.758. The minimum Gasteiger partial charge on any atom is -0.464 e. The van der Waals surface area contributed by atoms with E-state index in [2.05, 4.69) is 16.6 Å². The lowest BCUT2D eigenvalue weighted by Gasteiger charge is -2.17. The first kappa shape index (κ1) is 16.0. The number of allylic oxidation sites excluding steroid dienone is 1. The summed E-state index contributed by atoms with van der Waals surface area (Å²) >= 11 is 0. The van der Waals surface area contributed by atoms with Crippen LogP contribution in [0.5, 0.6) is 0 Å². The van der Waals surface area contributed by atoms with Crippen LogP contribution >= 0.6 is 0 Å². The van der Waals surface area contributed by atoms with E-state index >= 15 is 0 Å². The Morgan fingerprint density at radius 1 is 1.06 bits per heavy atom. The highest BCUT2D eigenvalue weighted by Gasteiger charge is 2.16. The number of rotatable bonds is 6. The summed E-state index contributed by atoms with van der Waals surface area (Å²) in [4.78, 5) is 32.6. The second-order valence-electron chi connectivity index (χ2n) is 3.54. The molecule has 0 aromatic heterocycles. The van der Waals surface area contributed by atoms with Crippen molar-refractivity contribution >= 4 is 18.0 Å². The van der Waals surface area contributed by atoms with Crippen LogP contribution in [0, 0.1) is 0 Å². The third-order valence-corrected chi connectivity index (χ3v) is 1.56. The SMILES string of the molecule is C=C(C)OC(=O)NC(COC(C)=O)COC(C)=O. The van der Waals surface area contributed by atoms with Gasteiger partial charge in [0.2, 0.25) is 0 Å². The fourth-order valence-corrected chi connectivity index (χ4v) is 0.922. The van der Waals surface area contributed by atoms with Gasteiger partial charge in [-0.15, -0.1) is 0 Å². The fraction of sp³-hybridized carbons (Fsp3) is 0.545. The molecule has 0 aliphatic rings. The molecule has 18 heavy (non-hydrogen) atoms. The minimum absolute atomic E-state index is 0.117. The van der Waals surface area contributed by atoms with E-state index in [1.54, 1.807) is 0 Å². The van der Waals surface area contributed by atoms with Gasteiger partial charge in [-0.05, 0) is 6.92 Å². The second-order valence-corrected chi connectivity index (χ2v) is 3.54.